The van der Waals surface area contributed by atoms with E-state index in [0.29, 0.717) is 5.69 Å². The predicted octanol–water partition coefficient (Wildman–Crippen LogP) is 3.36. The van der Waals surface area contributed by atoms with Crippen molar-refractivity contribution in [3.63, 3.8) is 0 Å². The molecule has 0 atom stereocenters. The molecular weight excluding hydrogens is 255 g/mol. The van der Waals surface area contributed by atoms with Crippen molar-refractivity contribution in [1.29, 1.82) is 0 Å². The first-order valence-corrected chi connectivity index (χ1v) is 5.77. The van der Waals surface area contributed by atoms with Gasteiger partial charge in [0.05, 0.1) is 12.2 Å². The fraction of sp³-hybridized carbons (Fsp3) is 0.308. The van der Waals surface area contributed by atoms with Crippen LogP contribution in [0.1, 0.15) is 17.0 Å². The number of benzene rings is 1. The molecule has 0 fully saturated rings. The fourth-order valence-electron chi connectivity index (χ4n) is 1.83. The van der Waals surface area contributed by atoms with E-state index in [2.05, 4.69) is 10.4 Å². The number of nitrogens with zero attached hydrogens (tertiary/aromatic N) is 2. The minimum absolute atomic E-state index is 0.257. The summed E-state index contributed by atoms with van der Waals surface area (Å²) in [5.74, 6) is 0. The number of hydrogen-bond acceptors (Lipinski definition) is 2. The van der Waals surface area contributed by atoms with Gasteiger partial charge in [0.1, 0.15) is 5.69 Å². The van der Waals surface area contributed by atoms with Crippen molar-refractivity contribution in [1.82, 2.24) is 9.78 Å². The molecule has 102 valence electrons. The molecule has 0 bridgehead atoms. The van der Waals surface area contributed by atoms with E-state index in [1.807, 2.05) is 31.2 Å². The molecule has 1 heterocycles. The molecule has 0 saturated carbocycles. The molecule has 3 nitrogen and oxygen atoms in total. The smallest absolute Gasteiger partial charge is 0.379 e. The highest BCUT2D eigenvalue weighted by Gasteiger charge is 2.34. The highest BCUT2D eigenvalue weighted by atomic mass is 19.4. The van der Waals surface area contributed by atoms with Crippen LogP contribution in [-0.4, -0.2) is 9.78 Å². The number of rotatable bonds is 3. The highest BCUT2D eigenvalue weighted by Crippen LogP contribution is 2.29. The molecule has 2 rings (SSSR count). The topological polar surface area (TPSA) is 29.9 Å². The largest absolute Gasteiger partial charge is 0.433 e. The van der Waals surface area contributed by atoms with E-state index in [9.17, 15) is 13.2 Å². The SMILES string of the molecule is Cc1cccc(NCc2cc(C(F)(F)F)n(C)n2)c1. The van der Waals surface area contributed by atoms with Crippen LogP contribution < -0.4 is 5.32 Å². The van der Waals surface area contributed by atoms with Gasteiger partial charge in [0.2, 0.25) is 0 Å². The molecule has 19 heavy (non-hydrogen) atoms. The van der Waals surface area contributed by atoms with E-state index in [-0.39, 0.29) is 6.54 Å². The summed E-state index contributed by atoms with van der Waals surface area (Å²) in [7, 11) is 1.29. The van der Waals surface area contributed by atoms with Gasteiger partial charge in [-0.2, -0.15) is 18.3 Å². The zero-order valence-electron chi connectivity index (χ0n) is 10.6. The third-order valence-corrected chi connectivity index (χ3v) is 2.71. The van der Waals surface area contributed by atoms with Gasteiger partial charge in [-0.15, -0.1) is 0 Å². The van der Waals surface area contributed by atoms with Gasteiger partial charge in [-0.3, -0.25) is 4.68 Å². The van der Waals surface area contributed by atoms with Crippen LogP contribution in [0.3, 0.4) is 0 Å². The zero-order valence-corrected chi connectivity index (χ0v) is 10.6. The summed E-state index contributed by atoms with van der Waals surface area (Å²) in [6.45, 7) is 2.21. The van der Waals surface area contributed by atoms with Gasteiger partial charge in [-0.1, -0.05) is 12.1 Å². The van der Waals surface area contributed by atoms with Crippen LogP contribution in [0.5, 0.6) is 0 Å². The summed E-state index contributed by atoms with van der Waals surface area (Å²) in [4.78, 5) is 0. The summed E-state index contributed by atoms with van der Waals surface area (Å²) in [6, 6.07) is 8.68. The van der Waals surface area contributed by atoms with Gasteiger partial charge in [0.15, 0.2) is 0 Å². The van der Waals surface area contributed by atoms with Gasteiger partial charge in [-0.25, -0.2) is 0 Å². The lowest BCUT2D eigenvalue weighted by Crippen LogP contribution is -2.11. The third kappa shape index (κ3) is 3.27. The molecule has 0 amide bonds. The minimum Gasteiger partial charge on any atom is -0.379 e. The van der Waals surface area contributed by atoms with E-state index in [0.717, 1.165) is 22.0 Å². The molecule has 1 N–H and O–H groups in total. The summed E-state index contributed by atoms with van der Waals surface area (Å²) in [5.41, 5.74) is 1.56. The molecule has 0 aliphatic rings. The lowest BCUT2D eigenvalue weighted by Gasteiger charge is -2.04. The van der Waals surface area contributed by atoms with Crippen LogP contribution in [0.4, 0.5) is 18.9 Å². The average molecular weight is 269 g/mol. The maximum atomic E-state index is 12.6. The second-order valence-electron chi connectivity index (χ2n) is 4.37. The zero-order chi connectivity index (χ0) is 14.0. The summed E-state index contributed by atoms with van der Waals surface area (Å²) in [6.07, 6.45) is -4.37. The fourth-order valence-corrected chi connectivity index (χ4v) is 1.83. The minimum atomic E-state index is -4.37. The first kappa shape index (κ1) is 13.5. The summed E-state index contributed by atoms with van der Waals surface area (Å²) >= 11 is 0. The molecular formula is C13H14F3N3. The molecule has 1 aromatic heterocycles. The second kappa shape index (κ2) is 4.95. The van der Waals surface area contributed by atoms with Crippen molar-refractivity contribution >= 4 is 5.69 Å². The Morgan fingerprint density at radius 3 is 2.58 bits per heavy atom. The molecule has 0 aliphatic carbocycles. The summed E-state index contributed by atoms with van der Waals surface area (Å²) < 4.78 is 38.6. The van der Waals surface area contributed by atoms with Crippen molar-refractivity contribution in [2.75, 3.05) is 5.32 Å². The molecule has 6 heteroatoms. The number of anilines is 1. The molecule has 0 aliphatic heterocycles. The molecule has 2 aromatic rings. The number of nitrogens with one attached hydrogen (secondary N) is 1. The van der Waals surface area contributed by atoms with Crippen LogP contribution >= 0.6 is 0 Å². The normalized spacial score (nSPS) is 11.6. The Morgan fingerprint density at radius 2 is 2.00 bits per heavy atom. The lowest BCUT2D eigenvalue weighted by atomic mass is 10.2. The molecule has 0 spiro atoms. The quantitative estimate of drug-likeness (QED) is 0.926. The first-order chi connectivity index (χ1) is 8.86. The Balaban J connectivity index is 2.09. The number of halogens is 3. The van der Waals surface area contributed by atoms with Crippen LogP contribution in [0, 0.1) is 6.92 Å². The Kier molecular flexibility index (Phi) is 3.50. The highest BCUT2D eigenvalue weighted by molar-refractivity contribution is 5.45. The van der Waals surface area contributed by atoms with Crippen molar-refractivity contribution in [2.45, 2.75) is 19.6 Å². The predicted molar refractivity (Wildman–Crippen MR) is 66.7 cm³/mol. The van der Waals surface area contributed by atoms with Crippen LogP contribution in [0.2, 0.25) is 0 Å². The monoisotopic (exact) mass is 269 g/mol. The Morgan fingerprint density at radius 1 is 1.26 bits per heavy atom. The number of alkyl halides is 3. The first-order valence-electron chi connectivity index (χ1n) is 5.77. The molecule has 0 unspecified atom stereocenters. The standard InChI is InChI=1S/C13H14F3N3/c1-9-4-3-5-10(6-9)17-8-11-7-12(13(14,15)16)19(2)18-11/h3-7,17H,8H2,1-2H3. The van der Waals surface area contributed by atoms with Crippen molar-refractivity contribution in [3.05, 3.63) is 47.3 Å². The van der Waals surface area contributed by atoms with Gasteiger partial charge in [-0.05, 0) is 30.7 Å². The number of aromatic nitrogens is 2. The van der Waals surface area contributed by atoms with Crippen molar-refractivity contribution < 1.29 is 13.2 Å². The van der Waals surface area contributed by atoms with Gasteiger partial charge >= 0.3 is 6.18 Å². The number of aryl methyl sites for hydroxylation is 2. The Bertz CT molecular complexity index is 573. The summed E-state index contributed by atoms with van der Waals surface area (Å²) in [5, 5.41) is 6.90. The van der Waals surface area contributed by atoms with Gasteiger partial charge in [0, 0.05) is 12.7 Å². The Hall–Kier alpha value is -1.98. The second-order valence-corrected chi connectivity index (χ2v) is 4.37. The van der Waals surface area contributed by atoms with Gasteiger partial charge < -0.3 is 5.32 Å². The van der Waals surface area contributed by atoms with Crippen LogP contribution in [0.15, 0.2) is 30.3 Å². The van der Waals surface area contributed by atoms with Crippen molar-refractivity contribution in [2.24, 2.45) is 7.05 Å². The van der Waals surface area contributed by atoms with Crippen molar-refractivity contribution in [3.8, 4) is 0 Å². The number of hydrogen-bond donors (Lipinski definition) is 1. The van der Waals surface area contributed by atoms with Gasteiger partial charge in [0.25, 0.3) is 0 Å². The van der Waals surface area contributed by atoms with E-state index in [4.69, 9.17) is 0 Å². The Labute approximate surface area is 109 Å². The maximum Gasteiger partial charge on any atom is 0.433 e. The van der Waals surface area contributed by atoms with E-state index < -0.39 is 11.9 Å². The molecule has 0 saturated heterocycles. The third-order valence-electron chi connectivity index (χ3n) is 2.71. The van der Waals surface area contributed by atoms with E-state index >= 15 is 0 Å². The van der Waals surface area contributed by atoms with E-state index in [1.165, 1.54) is 7.05 Å². The van der Waals surface area contributed by atoms with Crippen LogP contribution in [0.25, 0.3) is 0 Å². The average Bonchev–Trinajstić information content (AvgIpc) is 2.68. The lowest BCUT2D eigenvalue weighted by molar-refractivity contribution is -0.143. The molecule has 1 aromatic carbocycles. The maximum absolute atomic E-state index is 12.6. The van der Waals surface area contributed by atoms with E-state index in [1.54, 1.807) is 0 Å². The van der Waals surface area contributed by atoms with Crippen LogP contribution in [-0.2, 0) is 19.8 Å². The molecule has 0 radical (unpaired) electrons.